The van der Waals surface area contributed by atoms with E-state index in [0.717, 1.165) is 39.2 Å². The van der Waals surface area contributed by atoms with Crippen molar-refractivity contribution in [1.29, 1.82) is 0 Å². The Balaban J connectivity index is 1.34. The van der Waals surface area contributed by atoms with Crippen molar-refractivity contribution in [1.82, 2.24) is 15.3 Å². The Morgan fingerprint density at radius 1 is 0.974 bits per heavy atom. The minimum atomic E-state index is -0.304. The quantitative estimate of drug-likeness (QED) is 0.212. The molecule has 5 rings (SSSR count). The van der Waals surface area contributed by atoms with Crippen molar-refractivity contribution in [3.63, 3.8) is 0 Å². The monoisotopic (exact) mass is 530 g/mol. The first kappa shape index (κ1) is 25.7. The lowest BCUT2D eigenvalue weighted by Gasteiger charge is -2.19. The highest BCUT2D eigenvalue weighted by molar-refractivity contribution is 6.32. The predicted octanol–water partition coefficient (Wildman–Crippen LogP) is 7.89. The summed E-state index contributed by atoms with van der Waals surface area (Å²) in [6, 6.07) is 21.6. The van der Waals surface area contributed by atoms with E-state index in [9.17, 15) is 4.39 Å². The van der Waals surface area contributed by atoms with Gasteiger partial charge in [0.1, 0.15) is 41.8 Å². The standard InChI is InChI=1S/C30H28ClFN4O2/c1-30(2,3)35-16-23-9-12-27(38-23)20-7-10-26-24(14-20)29(34-18-33-26)36-22-8-11-28(25(31)15-22)37-17-19-5-4-6-21(32)13-19/h4-15,18,35H,16-17H2,1-3H3,(H,33,34,36). The molecule has 2 aromatic heterocycles. The van der Waals surface area contributed by atoms with Crippen molar-refractivity contribution in [3.05, 3.63) is 101 Å². The van der Waals surface area contributed by atoms with E-state index in [2.05, 4.69) is 41.4 Å². The van der Waals surface area contributed by atoms with Gasteiger partial charge in [-0.1, -0.05) is 23.7 Å². The molecule has 0 saturated heterocycles. The summed E-state index contributed by atoms with van der Waals surface area (Å²) in [5, 5.41) is 8.05. The summed E-state index contributed by atoms with van der Waals surface area (Å²) in [5.41, 5.74) is 3.19. The highest BCUT2D eigenvalue weighted by atomic mass is 35.5. The van der Waals surface area contributed by atoms with Gasteiger partial charge in [0.15, 0.2) is 0 Å². The van der Waals surface area contributed by atoms with E-state index < -0.39 is 0 Å². The molecule has 194 valence electrons. The van der Waals surface area contributed by atoms with Gasteiger partial charge >= 0.3 is 0 Å². The fourth-order valence-electron chi connectivity index (χ4n) is 3.91. The predicted molar refractivity (Wildman–Crippen MR) is 149 cm³/mol. The Kier molecular flexibility index (Phi) is 7.31. The van der Waals surface area contributed by atoms with Gasteiger partial charge in [-0.2, -0.15) is 0 Å². The second kappa shape index (κ2) is 10.8. The molecule has 5 aromatic rings. The maximum Gasteiger partial charge on any atom is 0.141 e. The first-order valence-corrected chi connectivity index (χ1v) is 12.6. The van der Waals surface area contributed by atoms with Crippen molar-refractivity contribution in [2.24, 2.45) is 0 Å². The molecule has 38 heavy (non-hydrogen) atoms. The summed E-state index contributed by atoms with van der Waals surface area (Å²) >= 11 is 6.48. The normalized spacial score (nSPS) is 11.6. The van der Waals surface area contributed by atoms with Crippen molar-refractivity contribution >= 4 is 34.0 Å². The maximum absolute atomic E-state index is 13.4. The lowest BCUT2D eigenvalue weighted by molar-refractivity contribution is 0.306. The van der Waals surface area contributed by atoms with Crippen LogP contribution in [0.5, 0.6) is 5.75 Å². The van der Waals surface area contributed by atoms with Gasteiger partial charge in [-0.05, 0) is 87.0 Å². The molecule has 0 spiro atoms. The van der Waals surface area contributed by atoms with Crippen LogP contribution in [0.2, 0.25) is 5.02 Å². The number of nitrogens with zero attached hydrogens (tertiary/aromatic N) is 2. The van der Waals surface area contributed by atoms with Crippen LogP contribution in [0.15, 0.2) is 83.5 Å². The molecule has 0 aliphatic carbocycles. The minimum Gasteiger partial charge on any atom is -0.487 e. The van der Waals surface area contributed by atoms with Crippen LogP contribution in [0.3, 0.4) is 0 Å². The first-order chi connectivity index (χ1) is 18.2. The Labute approximate surface area is 225 Å². The van der Waals surface area contributed by atoms with Gasteiger partial charge in [-0.3, -0.25) is 0 Å². The second-order valence-electron chi connectivity index (χ2n) is 10.0. The third-order valence-corrected chi connectivity index (χ3v) is 6.15. The SMILES string of the molecule is CC(C)(C)NCc1ccc(-c2ccc3ncnc(Nc4ccc(OCc5cccc(F)c5)c(Cl)c4)c3c2)o1. The van der Waals surface area contributed by atoms with E-state index in [1.165, 1.54) is 18.5 Å². The van der Waals surface area contributed by atoms with Crippen LogP contribution in [-0.2, 0) is 13.2 Å². The molecule has 0 radical (unpaired) electrons. The Bertz CT molecular complexity index is 1580. The van der Waals surface area contributed by atoms with Crippen LogP contribution < -0.4 is 15.4 Å². The van der Waals surface area contributed by atoms with Gasteiger partial charge in [0, 0.05) is 22.2 Å². The number of hydrogen-bond acceptors (Lipinski definition) is 6. The summed E-state index contributed by atoms with van der Waals surface area (Å²) in [6.07, 6.45) is 1.52. The lowest BCUT2D eigenvalue weighted by Crippen LogP contribution is -2.34. The van der Waals surface area contributed by atoms with E-state index in [4.69, 9.17) is 20.8 Å². The third kappa shape index (κ3) is 6.30. The van der Waals surface area contributed by atoms with Crippen LogP contribution in [-0.4, -0.2) is 15.5 Å². The van der Waals surface area contributed by atoms with Crippen LogP contribution in [0.1, 0.15) is 32.1 Å². The van der Waals surface area contributed by atoms with Crippen LogP contribution in [0.4, 0.5) is 15.9 Å². The number of rotatable bonds is 8. The molecule has 0 unspecified atom stereocenters. The van der Waals surface area contributed by atoms with Crippen molar-refractivity contribution in [2.75, 3.05) is 5.32 Å². The lowest BCUT2D eigenvalue weighted by atomic mass is 10.1. The fraction of sp³-hybridized carbons (Fsp3) is 0.200. The zero-order chi connectivity index (χ0) is 26.7. The zero-order valence-corrected chi connectivity index (χ0v) is 22.1. The smallest absolute Gasteiger partial charge is 0.141 e. The van der Waals surface area contributed by atoms with Gasteiger partial charge in [0.05, 0.1) is 17.1 Å². The molecular formula is C30H28ClFN4O2. The summed E-state index contributed by atoms with van der Waals surface area (Å²) < 4.78 is 25.3. The van der Waals surface area contributed by atoms with E-state index in [1.54, 1.807) is 24.3 Å². The highest BCUT2D eigenvalue weighted by Crippen LogP contribution is 2.33. The highest BCUT2D eigenvalue weighted by Gasteiger charge is 2.13. The van der Waals surface area contributed by atoms with Crippen LogP contribution in [0, 0.1) is 5.82 Å². The fourth-order valence-corrected chi connectivity index (χ4v) is 4.15. The maximum atomic E-state index is 13.4. The molecule has 2 N–H and O–H groups in total. The molecule has 0 aliphatic heterocycles. The molecule has 2 heterocycles. The van der Waals surface area contributed by atoms with Gasteiger partial charge in [-0.15, -0.1) is 0 Å². The average molecular weight is 531 g/mol. The Morgan fingerprint density at radius 3 is 2.63 bits per heavy atom. The van der Waals surface area contributed by atoms with Crippen LogP contribution in [0.25, 0.3) is 22.2 Å². The molecule has 6 nitrogen and oxygen atoms in total. The Morgan fingerprint density at radius 2 is 1.84 bits per heavy atom. The van der Waals surface area contributed by atoms with Crippen molar-refractivity contribution < 1.29 is 13.5 Å². The third-order valence-electron chi connectivity index (χ3n) is 5.85. The van der Waals surface area contributed by atoms with E-state index >= 15 is 0 Å². The minimum absolute atomic E-state index is 0.00232. The topological polar surface area (TPSA) is 72.2 Å². The summed E-state index contributed by atoms with van der Waals surface area (Å²) in [4.78, 5) is 8.87. The molecule has 0 saturated carbocycles. The average Bonchev–Trinajstić information content (AvgIpc) is 3.36. The van der Waals surface area contributed by atoms with Gasteiger partial charge in [-0.25, -0.2) is 14.4 Å². The number of anilines is 2. The molecule has 3 aromatic carbocycles. The number of nitrogens with one attached hydrogen (secondary N) is 2. The summed E-state index contributed by atoms with van der Waals surface area (Å²) in [5.74, 6) is 2.48. The number of aromatic nitrogens is 2. The van der Waals surface area contributed by atoms with Gasteiger partial charge < -0.3 is 19.8 Å². The largest absolute Gasteiger partial charge is 0.487 e. The Hall–Kier alpha value is -3.94. The molecule has 0 fully saturated rings. The number of fused-ring (bicyclic) bond motifs is 1. The van der Waals surface area contributed by atoms with Crippen molar-refractivity contribution in [3.8, 4) is 17.1 Å². The number of ether oxygens (including phenoxy) is 1. The molecule has 0 bridgehead atoms. The summed E-state index contributed by atoms with van der Waals surface area (Å²) in [7, 11) is 0. The molecule has 0 aliphatic rings. The second-order valence-corrected chi connectivity index (χ2v) is 10.4. The molecular weight excluding hydrogens is 503 g/mol. The first-order valence-electron chi connectivity index (χ1n) is 12.3. The number of furan rings is 1. The van der Waals surface area contributed by atoms with Crippen LogP contribution >= 0.6 is 11.6 Å². The number of benzene rings is 3. The molecule has 8 heteroatoms. The van der Waals surface area contributed by atoms with Crippen molar-refractivity contribution in [2.45, 2.75) is 39.5 Å². The van der Waals surface area contributed by atoms with Gasteiger partial charge in [0.2, 0.25) is 0 Å². The van der Waals surface area contributed by atoms with Gasteiger partial charge in [0.25, 0.3) is 0 Å². The zero-order valence-electron chi connectivity index (χ0n) is 21.4. The number of halogens is 2. The molecule has 0 amide bonds. The van der Waals surface area contributed by atoms with E-state index in [-0.39, 0.29) is 18.0 Å². The summed E-state index contributed by atoms with van der Waals surface area (Å²) in [6.45, 7) is 7.22. The van der Waals surface area contributed by atoms with E-state index in [1.807, 2.05) is 36.4 Å². The number of hydrogen-bond donors (Lipinski definition) is 2. The molecule has 0 atom stereocenters. The van der Waals surface area contributed by atoms with E-state index in [0.29, 0.717) is 23.1 Å².